The minimum absolute atomic E-state index is 0.0410. The number of carbonyl (C=O) groups is 3. The lowest BCUT2D eigenvalue weighted by atomic mass is 10.1. The van der Waals surface area contributed by atoms with Crippen LogP contribution in [0.5, 0.6) is 0 Å². The summed E-state index contributed by atoms with van der Waals surface area (Å²) in [6, 6.07) is -0.720. The molecule has 0 aromatic heterocycles. The monoisotopic (exact) mass is 611 g/mol. The molecule has 0 heterocycles. The van der Waals surface area contributed by atoms with E-state index in [1.165, 1.54) is 57.8 Å². The Morgan fingerprint density at radius 2 is 1.16 bits per heavy atom. The molecule has 0 radical (unpaired) electrons. The third-order valence-corrected chi connectivity index (χ3v) is 7.65. The van der Waals surface area contributed by atoms with E-state index in [0.717, 1.165) is 51.4 Å². The summed E-state index contributed by atoms with van der Waals surface area (Å²) < 4.78 is 17.0. The maximum absolute atomic E-state index is 12.5. The van der Waals surface area contributed by atoms with Crippen molar-refractivity contribution in [1.29, 1.82) is 0 Å². The van der Waals surface area contributed by atoms with Crippen molar-refractivity contribution in [3.8, 4) is 0 Å². The number of esters is 2. The summed E-state index contributed by atoms with van der Waals surface area (Å²) in [5, 5.41) is 11.5. The molecule has 0 saturated heterocycles. The predicted molar refractivity (Wildman–Crippen MR) is 171 cm³/mol. The number of carbonyl (C=O) groups excluding carboxylic acids is 3. The van der Waals surface area contributed by atoms with Gasteiger partial charge in [0.2, 0.25) is 0 Å². The molecule has 8 heteroatoms. The van der Waals surface area contributed by atoms with E-state index in [9.17, 15) is 19.5 Å². The first-order valence-corrected chi connectivity index (χ1v) is 17.2. The lowest BCUT2D eigenvalue weighted by molar-refractivity contribution is -0.889. The van der Waals surface area contributed by atoms with E-state index in [1.807, 2.05) is 0 Å². The van der Waals surface area contributed by atoms with Crippen molar-refractivity contribution in [2.75, 3.05) is 41.0 Å². The maximum atomic E-state index is 12.5. The summed E-state index contributed by atoms with van der Waals surface area (Å²) in [7, 11) is 5.38. The number of hydrogen-bond donors (Lipinski definition) is 0. The SMILES string of the molecule is CCCCC/C=C/CCCCCCCC(=O)OC(COCCC(C(=O)[O-])[N+](C)(C)C)COC(=O)CCCCCCCCC. The van der Waals surface area contributed by atoms with Crippen molar-refractivity contribution in [3.05, 3.63) is 12.2 Å². The van der Waals surface area contributed by atoms with Gasteiger partial charge in [0.1, 0.15) is 12.6 Å². The Labute approximate surface area is 263 Å². The number of nitrogens with zero attached hydrogens (tertiary/aromatic N) is 1. The van der Waals surface area contributed by atoms with E-state index in [4.69, 9.17) is 14.2 Å². The summed E-state index contributed by atoms with van der Waals surface area (Å²) >= 11 is 0. The molecule has 0 N–H and O–H groups in total. The van der Waals surface area contributed by atoms with Crippen molar-refractivity contribution >= 4 is 17.9 Å². The zero-order valence-electron chi connectivity index (χ0n) is 28.4. The molecule has 0 fully saturated rings. The number of hydrogen-bond acceptors (Lipinski definition) is 7. The molecule has 0 aliphatic rings. The minimum Gasteiger partial charge on any atom is -0.544 e. The molecule has 0 aromatic carbocycles. The lowest BCUT2D eigenvalue weighted by Crippen LogP contribution is -2.55. The highest BCUT2D eigenvalue weighted by molar-refractivity contribution is 5.70. The van der Waals surface area contributed by atoms with Gasteiger partial charge in [-0.3, -0.25) is 9.59 Å². The first-order valence-electron chi connectivity index (χ1n) is 17.2. The fraction of sp³-hybridized carbons (Fsp3) is 0.857. The van der Waals surface area contributed by atoms with Crippen LogP contribution in [0.25, 0.3) is 0 Å². The fourth-order valence-corrected chi connectivity index (χ4v) is 4.89. The number of likely N-dealkylation sites (N-methyl/N-ethyl adjacent to an activating group) is 1. The van der Waals surface area contributed by atoms with Gasteiger partial charge >= 0.3 is 11.9 Å². The third kappa shape index (κ3) is 26.2. The van der Waals surface area contributed by atoms with Crippen molar-refractivity contribution in [2.45, 2.75) is 154 Å². The highest BCUT2D eigenvalue weighted by Gasteiger charge is 2.25. The first kappa shape index (κ1) is 41.1. The Kier molecular flexibility index (Phi) is 26.4. The number of allylic oxidation sites excluding steroid dienone is 2. The number of unbranched alkanes of at least 4 members (excludes halogenated alkanes) is 14. The first-order chi connectivity index (χ1) is 20.6. The predicted octanol–water partition coefficient (Wildman–Crippen LogP) is 6.68. The molecule has 0 aliphatic carbocycles. The zero-order chi connectivity index (χ0) is 32.2. The van der Waals surface area contributed by atoms with Gasteiger partial charge in [0.05, 0.1) is 40.3 Å². The van der Waals surface area contributed by atoms with Crippen LogP contribution >= 0.6 is 0 Å². The number of carboxylic acids is 1. The van der Waals surface area contributed by atoms with Crippen LogP contribution in [0.15, 0.2) is 12.2 Å². The van der Waals surface area contributed by atoms with Crippen LogP contribution in [0.3, 0.4) is 0 Å². The minimum atomic E-state index is -1.13. The Hall–Kier alpha value is -1.93. The number of carboxylic acid groups (broad SMARTS) is 1. The average molecular weight is 612 g/mol. The van der Waals surface area contributed by atoms with Gasteiger partial charge in [-0.05, 0) is 38.5 Å². The highest BCUT2D eigenvalue weighted by Crippen LogP contribution is 2.12. The number of aliphatic carboxylic acids is 1. The molecule has 0 spiro atoms. The molecule has 0 bridgehead atoms. The molecule has 43 heavy (non-hydrogen) atoms. The zero-order valence-corrected chi connectivity index (χ0v) is 28.4. The summed E-state index contributed by atoms with van der Waals surface area (Å²) in [4.78, 5) is 36.3. The molecule has 0 rings (SSSR count). The van der Waals surface area contributed by atoms with E-state index in [1.54, 1.807) is 21.1 Å². The summed E-state index contributed by atoms with van der Waals surface area (Å²) in [5.41, 5.74) is 0. The van der Waals surface area contributed by atoms with Crippen LogP contribution in [0.4, 0.5) is 0 Å². The van der Waals surface area contributed by atoms with E-state index < -0.39 is 18.1 Å². The number of quaternary nitrogens is 1. The molecule has 2 atom stereocenters. The van der Waals surface area contributed by atoms with E-state index in [2.05, 4.69) is 26.0 Å². The third-order valence-electron chi connectivity index (χ3n) is 7.65. The summed E-state index contributed by atoms with van der Waals surface area (Å²) in [6.45, 7) is 4.56. The highest BCUT2D eigenvalue weighted by atomic mass is 16.6. The van der Waals surface area contributed by atoms with Crippen LogP contribution in [0, 0.1) is 0 Å². The Bertz CT molecular complexity index is 732. The van der Waals surface area contributed by atoms with Gasteiger partial charge in [0.25, 0.3) is 0 Å². The molecule has 2 unspecified atom stereocenters. The lowest BCUT2D eigenvalue weighted by Gasteiger charge is -2.34. The van der Waals surface area contributed by atoms with Crippen LogP contribution in [-0.2, 0) is 28.6 Å². The largest absolute Gasteiger partial charge is 0.544 e. The molecule has 252 valence electrons. The van der Waals surface area contributed by atoms with E-state index in [0.29, 0.717) is 12.8 Å². The molecular formula is C35H65NO7. The normalized spacial score (nSPS) is 13.2. The van der Waals surface area contributed by atoms with E-state index >= 15 is 0 Å². The van der Waals surface area contributed by atoms with E-state index in [-0.39, 0.29) is 42.7 Å². The average Bonchev–Trinajstić information content (AvgIpc) is 2.94. The van der Waals surface area contributed by atoms with Crippen LogP contribution < -0.4 is 5.11 Å². The topological polar surface area (TPSA) is 102 Å². The van der Waals surface area contributed by atoms with Gasteiger partial charge in [0, 0.05) is 19.3 Å². The molecule has 0 aliphatic heterocycles. The van der Waals surface area contributed by atoms with Crippen molar-refractivity contribution in [2.24, 2.45) is 0 Å². The van der Waals surface area contributed by atoms with Gasteiger partial charge in [-0.2, -0.15) is 0 Å². The van der Waals surface area contributed by atoms with Crippen LogP contribution in [-0.4, -0.2) is 75.5 Å². The molecule has 0 aromatic rings. The van der Waals surface area contributed by atoms with Crippen molar-refractivity contribution in [3.63, 3.8) is 0 Å². The van der Waals surface area contributed by atoms with Gasteiger partial charge < -0.3 is 28.6 Å². The summed E-state index contributed by atoms with van der Waals surface area (Å²) in [6.07, 6.45) is 23.9. The van der Waals surface area contributed by atoms with Gasteiger partial charge in [-0.25, -0.2) is 0 Å². The number of ether oxygens (including phenoxy) is 3. The second-order valence-electron chi connectivity index (χ2n) is 12.8. The number of rotatable bonds is 30. The smallest absolute Gasteiger partial charge is 0.306 e. The second-order valence-corrected chi connectivity index (χ2v) is 12.8. The van der Waals surface area contributed by atoms with Gasteiger partial charge in [0.15, 0.2) is 6.10 Å². The van der Waals surface area contributed by atoms with Crippen LogP contribution in [0.1, 0.15) is 142 Å². The Balaban J connectivity index is 4.47. The maximum Gasteiger partial charge on any atom is 0.306 e. The van der Waals surface area contributed by atoms with Crippen LogP contribution in [0.2, 0.25) is 0 Å². The molecule has 0 saturated carbocycles. The standard InChI is InChI=1S/C35H65NO7/c1-6-8-10-12-14-15-16-17-18-20-22-24-26-34(38)43-31(29-41-28-27-32(35(39)40)36(3,4)5)30-42-33(37)25-23-21-19-13-11-9-7-2/h14-15,31-32H,6-13,16-30H2,1-5H3/b15-14+. The van der Waals surface area contributed by atoms with Crippen molar-refractivity contribution in [1.82, 2.24) is 0 Å². The summed E-state index contributed by atoms with van der Waals surface area (Å²) in [5.74, 6) is -1.75. The van der Waals surface area contributed by atoms with Gasteiger partial charge in [-0.15, -0.1) is 0 Å². The second kappa shape index (κ2) is 27.6. The van der Waals surface area contributed by atoms with Gasteiger partial charge in [-0.1, -0.05) is 96.6 Å². The van der Waals surface area contributed by atoms with Crippen molar-refractivity contribution < 1.29 is 38.2 Å². The quantitative estimate of drug-likeness (QED) is 0.0386. The molecule has 8 nitrogen and oxygen atoms in total. The molecule has 0 amide bonds. The fourth-order valence-electron chi connectivity index (χ4n) is 4.89. The molecular weight excluding hydrogens is 546 g/mol. The Morgan fingerprint density at radius 1 is 0.674 bits per heavy atom. The Morgan fingerprint density at radius 3 is 1.72 bits per heavy atom.